The lowest BCUT2D eigenvalue weighted by Gasteiger charge is -2.31. The van der Waals surface area contributed by atoms with Crippen LogP contribution in [-0.2, 0) is 19.5 Å². The van der Waals surface area contributed by atoms with Crippen molar-refractivity contribution >= 4 is 17.6 Å². The van der Waals surface area contributed by atoms with Gasteiger partial charge < -0.3 is 16.0 Å². The van der Waals surface area contributed by atoms with Gasteiger partial charge in [-0.2, -0.15) is 4.98 Å². The molecule has 126 valence electrons. The van der Waals surface area contributed by atoms with Gasteiger partial charge in [0.2, 0.25) is 5.95 Å². The van der Waals surface area contributed by atoms with Crippen LogP contribution in [0.25, 0.3) is 0 Å². The van der Waals surface area contributed by atoms with Crippen LogP contribution in [0.15, 0.2) is 54.9 Å². The van der Waals surface area contributed by atoms with Crippen molar-refractivity contribution in [3.05, 3.63) is 71.5 Å². The quantitative estimate of drug-likeness (QED) is 0.764. The number of fused-ring (bicyclic) bond motifs is 1. The number of anilines is 3. The molecular weight excluding hydrogens is 312 g/mol. The fraction of sp³-hybridized carbons (Fsp3) is 0.211. The van der Waals surface area contributed by atoms with Crippen LogP contribution in [0.5, 0.6) is 0 Å². The first kappa shape index (κ1) is 15.4. The Hall–Kier alpha value is -3.15. The summed E-state index contributed by atoms with van der Waals surface area (Å²) in [5.41, 5.74) is 9.59. The van der Waals surface area contributed by atoms with E-state index < -0.39 is 0 Å². The zero-order chi connectivity index (χ0) is 17.1. The molecule has 0 amide bonds. The summed E-state index contributed by atoms with van der Waals surface area (Å²) in [4.78, 5) is 15.1. The maximum Gasteiger partial charge on any atom is 0.221 e. The Labute approximate surface area is 146 Å². The first-order chi connectivity index (χ1) is 12.3. The number of hydrogen-bond acceptors (Lipinski definition) is 6. The summed E-state index contributed by atoms with van der Waals surface area (Å²) < 4.78 is 0. The smallest absolute Gasteiger partial charge is 0.221 e. The zero-order valence-corrected chi connectivity index (χ0v) is 13.9. The van der Waals surface area contributed by atoms with Gasteiger partial charge in [0.1, 0.15) is 11.6 Å². The van der Waals surface area contributed by atoms with E-state index in [0.29, 0.717) is 12.4 Å². The molecule has 25 heavy (non-hydrogen) atoms. The number of pyridine rings is 1. The van der Waals surface area contributed by atoms with Crippen LogP contribution in [0.4, 0.5) is 17.6 Å². The van der Waals surface area contributed by atoms with Crippen LogP contribution < -0.4 is 16.0 Å². The van der Waals surface area contributed by atoms with Crippen LogP contribution in [0.1, 0.15) is 16.7 Å². The first-order valence-electron chi connectivity index (χ1n) is 8.37. The third kappa shape index (κ3) is 3.38. The van der Waals surface area contributed by atoms with Crippen LogP contribution >= 0.6 is 0 Å². The van der Waals surface area contributed by atoms with Gasteiger partial charge in [-0.05, 0) is 29.7 Å². The second-order valence-electron chi connectivity index (χ2n) is 6.08. The van der Waals surface area contributed by atoms with E-state index in [1.807, 2.05) is 18.3 Å². The molecule has 0 unspecified atom stereocenters. The number of nitrogens with zero attached hydrogens (tertiary/aromatic N) is 4. The summed E-state index contributed by atoms with van der Waals surface area (Å²) >= 11 is 0. The summed E-state index contributed by atoms with van der Waals surface area (Å²) in [6.07, 6.45) is 4.54. The maximum atomic E-state index is 5.64. The standard InChI is InChI=1S/C19H20N6/c20-19-22-10-7-17(24-19)23-12-15-6-3-9-21-18(15)25-11-8-14-4-1-2-5-16(14)13-25/h1-7,9-10H,8,11-13H2,(H3,20,22,23,24). The minimum Gasteiger partial charge on any atom is -0.368 e. The molecule has 1 aliphatic rings. The molecule has 0 spiro atoms. The summed E-state index contributed by atoms with van der Waals surface area (Å²) in [5.74, 6) is 2.00. The molecule has 6 nitrogen and oxygen atoms in total. The molecule has 0 saturated carbocycles. The van der Waals surface area contributed by atoms with Gasteiger partial charge in [-0.1, -0.05) is 30.3 Å². The van der Waals surface area contributed by atoms with Crippen molar-refractivity contribution in [2.45, 2.75) is 19.5 Å². The Kier molecular flexibility index (Phi) is 4.16. The van der Waals surface area contributed by atoms with Crippen molar-refractivity contribution < 1.29 is 0 Å². The SMILES string of the molecule is Nc1nccc(NCc2cccnc2N2CCc3ccccc3C2)n1. The molecule has 3 N–H and O–H groups in total. The molecule has 0 fully saturated rings. The molecule has 4 rings (SSSR count). The van der Waals surface area contributed by atoms with Crippen molar-refractivity contribution in [1.29, 1.82) is 0 Å². The van der Waals surface area contributed by atoms with Gasteiger partial charge >= 0.3 is 0 Å². The molecular formula is C19H20N6. The highest BCUT2D eigenvalue weighted by atomic mass is 15.2. The zero-order valence-electron chi connectivity index (χ0n) is 13.9. The number of benzene rings is 1. The second kappa shape index (κ2) is 6.76. The van der Waals surface area contributed by atoms with Crippen LogP contribution in [-0.4, -0.2) is 21.5 Å². The van der Waals surface area contributed by atoms with Crippen molar-refractivity contribution in [2.24, 2.45) is 0 Å². The van der Waals surface area contributed by atoms with Gasteiger partial charge in [0.25, 0.3) is 0 Å². The Balaban J connectivity index is 1.53. The Morgan fingerprint density at radius 3 is 2.76 bits per heavy atom. The predicted octanol–water partition coefficient (Wildman–Crippen LogP) is 2.63. The Morgan fingerprint density at radius 1 is 1.00 bits per heavy atom. The summed E-state index contributed by atoms with van der Waals surface area (Å²) in [6.45, 7) is 2.50. The summed E-state index contributed by atoms with van der Waals surface area (Å²) in [6, 6.07) is 14.5. The van der Waals surface area contributed by atoms with E-state index in [9.17, 15) is 0 Å². The number of nitrogen functional groups attached to an aromatic ring is 1. The van der Waals surface area contributed by atoms with Crippen molar-refractivity contribution in [2.75, 3.05) is 22.5 Å². The molecule has 0 aliphatic carbocycles. The third-order valence-electron chi connectivity index (χ3n) is 4.43. The van der Waals surface area contributed by atoms with Gasteiger partial charge in [0, 0.05) is 37.6 Å². The lowest BCUT2D eigenvalue weighted by Crippen LogP contribution is -2.32. The largest absolute Gasteiger partial charge is 0.368 e. The molecule has 1 aromatic carbocycles. The molecule has 3 heterocycles. The minimum atomic E-state index is 0.268. The number of nitrogens with one attached hydrogen (secondary N) is 1. The van der Waals surface area contributed by atoms with Crippen LogP contribution in [0.3, 0.4) is 0 Å². The third-order valence-corrected chi connectivity index (χ3v) is 4.43. The number of aromatic nitrogens is 3. The highest BCUT2D eigenvalue weighted by molar-refractivity contribution is 5.51. The van der Waals surface area contributed by atoms with E-state index in [1.165, 1.54) is 11.1 Å². The highest BCUT2D eigenvalue weighted by Gasteiger charge is 2.19. The lowest BCUT2D eigenvalue weighted by atomic mass is 9.99. The molecule has 3 aromatic rings. The fourth-order valence-corrected chi connectivity index (χ4v) is 3.19. The van der Waals surface area contributed by atoms with Crippen molar-refractivity contribution in [3.8, 4) is 0 Å². The van der Waals surface area contributed by atoms with Crippen LogP contribution in [0, 0.1) is 0 Å². The minimum absolute atomic E-state index is 0.268. The predicted molar refractivity (Wildman–Crippen MR) is 99.2 cm³/mol. The average molecular weight is 332 g/mol. The molecule has 6 heteroatoms. The Bertz CT molecular complexity index is 879. The maximum absolute atomic E-state index is 5.64. The molecule has 2 aromatic heterocycles. The lowest BCUT2D eigenvalue weighted by molar-refractivity contribution is 0.716. The fourth-order valence-electron chi connectivity index (χ4n) is 3.19. The average Bonchev–Trinajstić information content (AvgIpc) is 2.66. The molecule has 0 atom stereocenters. The number of hydrogen-bond donors (Lipinski definition) is 2. The van der Waals surface area contributed by atoms with Crippen LogP contribution in [0.2, 0.25) is 0 Å². The molecule has 0 saturated heterocycles. The highest BCUT2D eigenvalue weighted by Crippen LogP contribution is 2.26. The monoisotopic (exact) mass is 332 g/mol. The van der Waals surface area contributed by atoms with Gasteiger partial charge in [-0.25, -0.2) is 9.97 Å². The van der Waals surface area contributed by atoms with E-state index >= 15 is 0 Å². The summed E-state index contributed by atoms with van der Waals surface area (Å²) in [5, 5.41) is 3.30. The summed E-state index contributed by atoms with van der Waals surface area (Å²) in [7, 11) is 0. The van der Waals surface area contributed by atoms with Gasteiger partial charge in [0.05, 0.1) is 0 Å². The molecule has 1 aliphatic heterocycles. The number of nitrogens with two attached hydrogens (primary N) is 1. The van der Waals surface area contributed by atoms with E-state index in [1.54, 1.807) is 6.20 Å². The van der Waals surface area contributed by atoms with Gasteiger partial charge in [0.15, 0.2) is 0 Å². The number of rotatable bonds is 4. The topological polar surface area (TPSA) is 80.0 Å². The first-order valence-corrected chi connectivity index (χ1v) is 8.37. The normalized spacial score (nSPS) is 13.4. The molecule has 0 radical (unpaired) electrons. The van der Waals surface area contributed by atoms with E-state index in [0.717, 1.165) is 30.9 Å². The molecule has 0 bridgehead atoms. The van der Waals surface area contributed by atoms with E-state index in [-0.39, 0.29) is 5.95 Å². The Morgan fingerprint density at radius 2 is 1.88 bits per heavy atom. The van der Waals surface area contributed by atoms with Gasteiger partial charge in [-0.15, -0.1) is 0 Å². The van der Waals surface area contributed by atoms with Crippen molar-refractivity contribution in [1.82, 2.24) is 15.0 Å². The van der Waals surface area contributed by atoms with Crippen molar-refractivity contribution in [3.63, 3.8) is 0 Å². The van der Waals surface area contributed by atoms with E-state index in [4.69, 9.17) is 5.73 Å². The van der Waals surface area contributed by atoms with Gasteiger partial charge in [-0.3, -0.25) is 0 Å². The van der Waals surface area contributed by atoms with E-state index in [2.05, 4.69) is 55.5 Å². The second-order valence-corrected chi connectivity index (χ2v) is 6.08.